The maximum Gasteiger partial charge on any atom is 0.242 e. The molecular weight excluding hydrogens is 444 g/mol. The summed E-state index contributed by atoms with van der Waals surface area (Å²) in [5, 5.41) is 17.4. The van der Waals surface area contributed by atoms with Gasteiger partial charge in [-0.05, 0) is 50.5 Å². The zero-order valence-corrected chi connectivity index (χ0v) is 20.2. The van der Waals surface area contributed by atoms with Crippen molar-refractivity contribution in [3.8, 4) is 5.82 Å². The molecular formula is C25H28N8O2. The Kier molecular flexibility index (Phi) is 6.02. The van der Waals surface area contributed by atoms with E-state index in [2.05, 4.69) is 20.4 Å². The molecule has 180 valence electrons. The zero-order valence-electron chi connectivity index (χ0n) is 20.2. The lowest BCUT2D eigenvalue weighted by Crippen LogP contribution is -2.51. The summed E-state index contributed by atoms with van der Waals surface area (Å²) in [7, 11) is 0. The first-order chi connectivity index (χ1) is 16.9. The molecule has 1 aliphatic rings. The maximum absolute atomic E-state index is 12.9. The molecule has 0 spiro atoms. The SMILES string of the molecule is Cc1nn(-c2ccc3nnc(C)n3n2)c(C)c1CCC(=O)N1CCN(Cc2ccccc2)C(=O)C1. The van der Waals surface area contributed by atoms with Crippen LogP contribution in [-0.4, -0.2) is 70.8 Å². The quantitative estimate of drug-likeness (QED) is 0.426. The highest BCUT2D eigenvalue weighted by Gasteiger charge is 2.27. The highest BCUT2D eigenvalue weighted by molar-refractivity contribution is 5.86. The number of carbonyl (C=O) groups is 2. The van der Waals surface area contributed by atoms with Crippen LogP contribution in [0.25, 0.3) is 11.5 Å². The standard InChI is InChI=1S/C25H28N8O2/c1-17-21(18(2)32(28-17)23-11-10-22-27-26-19(3)33(22)29-23)9-12-24(34)31-14-13-30(25(35)16-31)15-20-7-5-4-6-8-20/h4-8,10-11H,9,12-16H2,1-3H3. The van der Waals surface area contributed by atoms with Crippen LogP contribution in [0.4, 0.5) is 0 Å². The topological polar surface area (TPSA) is 102 Å². The summed E-state index contributed by atoms with van der Waals surface area (Å²) < 4.78 is 3.48. The average molecular weight is 473 g/mol. The number of amides is 2. The monoisotopic (exact) mass is 472 g/mol. The molecule has 0 saturated carbocycles. The van der Waals surface area contributed by atoms with Crippen LogP contribution in [-0.2, 0) is 22.6 Å². The van der Waals surface area contributed by atoms with Crippen molar-refractivity contribution in [2.75, 3.05) is 19.6 Å². The Bertz CT molecular complexity index is 1390. The first kappa shape index (κ1) is 22.7. The van der Waals surface area contributed by atoms with Crippen molar-refractivity contribution in [2.24, 2.45) is 0 Å². The maximum atomic E-state index is 12.9. The zero-order chi connectivity index (χ0) is 24.5. The van der Waals surface area contributed by atoms with Gasteiger partial charge in [0.1, 0.15) is 0 Å². The summed E-state index contributed by atoms with van der Waals surface area (Å²) in [4.78, 5) is 29.1. The highest BCUT2D eigenvalue weighted by atomic mass is 16.2. The molecule has 4 heterocycles. The summed E-state index contributed by atoms with van der Waals surface area (Å²) >= 11 is 0. The van der Waals surface area contributed by atoms with Gasteiger partial charge in [0.25, 0.3) is 0 Å². The number of carbonyl (C=O) groups excluding carboxylic acids is 2. The minimum Gasteiger partial charge on any atom is -0.335 e. The van der Waals surface area contributed by atoms with Crippen molar-refractivity contribution in [2.45, 2.75) is 40.2 Å². The van der Waals surface area contributed by atoms with E-state index >= 15 is 0 Å². The minimum atomic E-state index is -0.0145. The Morgan fingerprint density at radius 1 is 0.971 bits per heavy atom. The van der Waals surface area contributed by atoms with Crippen molar-refractivity contribution in [1.82, 2.24) is 39.4 Å². The number of aryl methyl sites for hydroxylation is 2. The lowest BCUT2D eigenvalue weighted by atomic mass is 10.1. The fraction of sp³-hybridized carbons (Fsp3) is 0.360. The summed E-state index contributed by atoms with van der Waals surface area (Å²) in [6.07, 6.45) is 0.888. The van der Waals surface area contributed by atoms with Crippen molar-refractivity contribution in [1.29, 1.82) is 0 Å². The normalized spacial score (nSPS) is 14.2. The van der Waals surface area contributed by atoms with Gasteiger partial charge in [0, 0.05) is 31.7 Å². The van der Waals surface area contributed by atoms with Crippen LogP contribution in [0.15, 0.2) is 42.5 Å². The van der Waals surface area contributed by atoms with E-state index in [0.29, 0.717) is 49.8 Å². The van der Waals surface area contributed by atoms with E-state index in [4.69, 9.17) is 0 Å². The van der Waals surface area contributed by atoms with Crippen LogP contribution in [0.2, 0.25) is 0 Å². The molecule has 1 aromatic carbocycles. The molecule has 0 N–H and O–H groups in total. The van der Waals surface area contributed by atoms with E-state index in [1.165, 1.54) is 0 Å². The van der Waals surface area contributed by atoms with Gasteiger partial charge in [0.2, 0.25) is 11.8 Å². The fourth-order valence-electron chi connectivity index (χ4n) is 4.54. The third kappa shape index (κ3) is 4.51. The van der Waals surface area contributed by atoms with E-state index in [0.717, 1.165) is 22.5 Å². The van der Waals surface area contributed by atoms with Gasteiger partial charge in [-0.15, -0.1) is 15.3 Å². The Morgan fingerprint density at radius 2 is 1.77 bits per heavy atom. The average Bonchev–Trinajstić information content (AvgIpc) is 3.37. The van der Waals surface area contributed by atoms with Crippen molar-refractivity contribution in [3.63, 3.8) is 0 Å². The predicted octanol–water partition coefficient (Wildman–Crippen LogP) is 2.04. The third-order valence-corrected chi connectivity index (χ3v) is 6.54. The number of hydrogen-bond acceptors (Lipinski definition) is 6. The number of piperazine rings is 1. The molecule has 35 heavy (non-hydrogen) atoms. The molecule has 5 rings (SSSR count). The second kappa shape index (κ2) is 9.28. The van der Waals surface area contributed by atoms with Gasteiger partial charge in [-0.1, -0.05) is 30.3 Å². The Labute approximate surface area is 203 Å². The van der Waals surface area contributed by atoms with Gasteiger partial charge in [-0.3, -0.25) is 9.59 Å². The van der Waals surface area contributed by atoms with Crippen LogP contribution in [0.1, 0.15) is 34.8 Å². The van der Waals surface area contributed by atoms with E-state index in [1.807, 2.05) is 68.1 Å². The second-order valence-corrected chi connectivity index (χ2v) is 8.89. The molecule has 10 heteroatoms. The Morgan fingerprint density at radius 3 is 2.54 bits per heavy atom. The first-order valence-electron chi connectivity index (χ1n) is 11.7. The van der Waals surface area contributed by atoms with Gasteiger partial charge in [0.15, 0.2) is 17.3 Å². The molecule has 1 fully saturated rings. The number of rotatable bonds is 6. The van der Waals surface area contributed by atoms with E-state index in [9.17, 15) is 9.59 Å². The van der Waals surface area contributed by atoms with Gasteiger partial charge < -0.3 is 9.80 Å². The minimum absolute atomic E-state index is 0.0103. The van der Waals surface area contributed by atoms with Crippen molar-refractivity contribution < 1.29 is 9.59 Å². The summed E-state index contributed by atoms with van der Waals surface area (Å²) in [5.41, 5.74) is 4.60. The van der Waals surface area contributed by atoms with Crippen LogP contribution >= 0.6 is 0 Å². The van der Waals surface area contributed by atoms with Crippen molar-refractivity contribution in [3.05, 3.63) is 70.8 Å². The fourth-order valence-corrected chi connectivity index (χ4v) is 4.54. The van der Waals surface area contributed by atoms with E-state index in [-0.39, 0.29) is 18.4 Å². The van der Waals surface area contributed by atoms with Gasteiger partial charge in [-0.2, -0.15) is 9.61 Å². The van der Waals surface area contributed by atoms with Gasteiger partial charge >= 0.3 is 0 Å². The smallest absolute Gasteiger partial charge is 0.242 e. The molecule has 0 bridgehead atoms. The Hall–Kier alpha value is -4.08. The largest absolute Gasteiger partial charge is 0.335 e. The number of fused-ring (bicyclic) bond motifs is 1. The number of aromatic nitrogens is 6. The second-order valence-electron chi connectivity index (χ2n) is 8.89. The van der Waals surface area contributed by atoms with E-state index in [1.54, 1.807) is 14.1 Å². The molecule has 3 aromatic heterocycles. The lowest BCUT2D eigenvalue weighted by molar-refractivity contribution is -0.145. The van der Waals surface area contributed by atoms with Crippen LogP contribution in [0.5, 0.6) is 0 Å². The molecule has 2 amide bonds. The van der Waals surface area contributed by atoms with Crippen LogP contribution < -0.4 is 0 Å². The molecule has 0 unspecified atom stereocenters. The van der Waals surface area contributed by atoms with Crippen molar-refractivity contribution >= 4 is 17.5 Å². The van der Waals surface area contributed by atoms with Crippen LogP contribution in [0, 0.1) is 20.8 Å². The molecule has 10 nitrogen and oxygen atoms in total. The predicted molar refractivity (Wildman–Crippen MR) is 129 cm³/mol. The summed E-state index contributed by atoms with van der Waals surface area (Å²) in [6.45, 7) is 7.58. The van der Waals surface area contributed by atoms with E-state index < -0.39 is 0 Å². The summed E-state index contributed by atoms with van der Waals surface area (Å²) in [6, 6.07) is 13.6. The molecule has 4 aromatic rings. The number of benzene rings is 1. The molecule has 0 atom stereocenters. The molecule has 1 aliphatic heterocycles. The lowest BCUT2D eigenvalue weighted by Gasteiger charge is -2.34. The van der Waals surface area contributed by atoms with Gasteiger partial charge in [0.05, 0.1) is 12.2 Å². The summed E-state index contributed by atoms with van der Waals surface area (Å²) in [5.74, 6) is 1.34. The van der Waals surface area contributed by atoms with Gasteiger partial charge in [-0.25, -0.2) is 4.68 Å². The Balaban J connectivity index is 1.23. The molecule has 1 saturated heterocycles. The van der Waals surface area contributed by atoms with Crippen LogP contribution in [0.3, 0.4) is 0 Å². The number of hydrogen-bond donors (Lipinski definition) is 0. The molecule has 0 radical (unpaired) electrons. The third-order valence-electron chi connectivity index (χ3n) is 6.54. The highest BCUT2D eigenvalue weighted by Crippen LogP contribution is 2.20. The number of nitrogens with zero attached hydrogens (tertiary/aromatic N) is 8. The molecule has 0 aliphatic carbocycles. The first-order valence-corrected chi connectivity index (χ1v) is 11.7.